The van der Waals surface area contributed by atoms with Gasteiger partial charge in [0.15, 0.2) is 0 Å². The van der Waals surface area contributed by atoms with Crippen molar-refractivity contribution < 1.29 is 4.74 Å². The average molecular weight is 274 g/mol. The van der Waals surface area contributed by atoms with Crippen LogP contribution in [0.3, 0.4) is 0 Å². The Morgan fingerprint density at radius 2 is 1.88 bits per heavy atom. The molecule has 78 valence electrons. The second kappa shape index (κ2) is 4.82. The molecular weight excluding hydrogens is 266 g/mol. The third-order valence-electron chi connectivity index (χ3n) is 1.94. The first kappa shape index (κ1) is 10.7. The Morgan fingerprint density at radius 3 is 2.44 bits per heavy atom. The van der Waals surface area contributed by atoms with Crippen LogP contribution in [0.5, 0.6) is 11.6 Å². The molecule has 0 saturated carbocycles. The number of halogens is 1. The zero-order valence-electron chi connectivity index (χ0n) is 8.35. The predicted molar refractivity (Wildman–Crippen MR) is 66.4 cm³/mol. The molecule has 1 aromatic heterocycles. The average Bonchev–Trinajstić information content (AvgIpc) is 2.33. The fourth-order valence-electron chi connectivity index (χ4n) is 1.15. The third kappa shape index (κ3) is 2.62. The van der Waals surface area contributed by atoms with Crippen molar-refractivity contribution in [2.75, 3.05) is 0 Å². The number of benzene rings is 1. The molecule has 3 heteroatoms. The van der Waals surface area contributed by atoms with Gasteiger partial charge in [0.25, 0.3) is 0 Å². The number of ether oxygens (including phenoxy) is 1. The van der Waals surface area contributed by atoms with Crippen LogP contribution in [-0.2, 0) is 0 Å². The standard InChI is InChI=1S/C13H8BrNO/c1-2-10-3-8-13(15-9-10)16-12-6-4-11(14)5-7-12/h1,3-9H. The van der Waals surface area contributed by atoms with E-state index in [-0.39, 0.29) is 0 Å². The largest absolute Gasteiger partial charge is 0.439 e. The molecule has 2 aromatic rings. The first-order valence-electron chi connectivity index (χ1n) is 4.64. The van der Waals surface area contributed by atoms with Crippen LogP contribution in [-0.4, -0.2) is 4.98 Å². The van der Waals surface area contributed by atoms with Gasteiger partial charge in [-0.3, -0.25) is 0 Å². The van der Waals surface area contributed by atoms with E-state index >= 15 is 0 Å². The number of rotatable bonds is 2. The number of pyridine rings is 1. The molecule has 1 heterocycles. The summed E-state index contributed by atoms with van der Waals surface area (Å²) >= 11 is 3.36. The Bertz CT molecular complexity index is 511. The highest BCUT2D eigenvalue weighted by atomic mass is 79.9. The van der Waals surface area contributed by atoms with E-state index in [2.05, 4.69) is 26.8 Å². The van der Waals surface area contributed by atoms with Crippen LogP contribution in [0.2, 0.25) is 0 Å². The van der Waals surface area contributed by atoms with Crippen molar-refractivity contribution in [3.63, 3.8) is 0 Å². The van der Waals surface area contributed by atoms with Crippen LogP contribution in [0.4, 0.5) is 0 Å². The monoisotopic (exact) mass is 273 g/mol. The van der Waals surface area contributed by atoms with E-state index in [1.54, 1.807) is 18.3 Å². The lowest BCUT2D eigenvalue weighted by Gasteiger charge is -2.04. The molecule has 0 aliphatic heterocycles. The Kier molecular flexibility index (Phi) is 3.23. The van der Waals surface area contributed by atoms with E-state index in [4.69, 9.17) is 11.2 Å². The van der Waals surface area contributed by atoms with Gasteiger partial charge in [-0.1, -0.05) is 21.9 Å². The van der Waals surface area contributed by atoms with E-state index in [1.165, 1.54) is 0 Å². The molecule has 0 N–H and O–H groups in total. The summed E-state index contributed by atoms with van der Waals surface area (Å²) in [6, 6.07) is 11.1. The fraction of sp³-hybridized carbons (Fsp3) is 0. The smallest absolute Gasteiger partial charge is 0.219 e. The molecule has 0 spiro atoms. The van der Waals surface area contributed by atoms with Gasteiger partial charge < -0.3 is 4.74 Å². The quantitative estimate of drug-likeness (QED) is 0.780. The SMILES string of the molecule is C#Cc1ccc(Oc2ccc(Br)cc2)nc1. The summed E-state index contributed by atoms with van der Waals surface area (Å²) < 4.78 is 6.54. The van der Waals surface area contributed by atoms with Crippen LogP contribution in [0.25, 0.3) is 0 Å². The number of terminal acetylenes is 1. The molecular formula is C13H8BrNO. The second-order valence-electron chi connectivity index (χ2n) is 3.09. The van der Waals surface area contributed by atoms with E-state index in [1.807, 2.05) is 24.3 Å². The number of hydrogen-bond donors (Lipinski definition) is 0. The van der Waals surface area contributed by atoms with Crippen LogP contribution in [0.1, 0.15) is 5.56 Å². The normalized spacial score (nSPS) is 9.50. The van der Waals surface area contributed by atoms with Crippen molar-refractivity contribution >= 4 is 15.9 Å². The molecule has 0 radical (unpaired) electrons. The first-order valence-corrected chi connectivity index (χ1v) is 5.43. The molecule has 0 atom stereocenters. The Hall–Kier alpha value is -1.79. The first-order chi connectivity index (χ1) is 7.78. The van der Waals surface area contributed by atoms with Crippen LogP contribution < -0.4 is 4.74 Å². The van der Waals surface area contributed by atoms with Gasteiger partial charge in [-0.15, -0.1) is 6.42 Å². The van der Waals surface area contributed by atoms with Gasteiger partial charge in [-0.2, -0.15) is 0 Å². The topological polar surface area (TPSA) is 22.1 Å². The van der Waals surface area contributed by atoms with E-state index < -0.39 is 0 Å². The minimum Gasteiger partial charge on any atom is -0.439 e. The number of aromatic nitrogens is 1. The summed E-state index contributed by atoms with van der Waals surface area (Å²) in [6.45, 7) is 0. The van der Waals surface area contributed by atoms with Crippen molar-refractivity contribution in [2.24, 2.45) is 0 Å². The van der Waals surface area contributed by atoms with Crippen molar-refractivity contribution in [3.8, 4) is 24.0 Å². The zero-order valence-corrected chi connectivity index (χ0v) is 9.94. The molecule has 2 rings (SSSR count). The predicted octanol–water partition coefficient (Wildman–Crippen LogP) is 3.62. The lowest BCUT2D eigenvalue weighted by atomic mass is 10.3. The highest BCUT2D eigenvalue weighted by Gasteiger charge is 1.98. The highest BCUT2D eigenvalue weighted by Crippen LogP contribution is 2.21. The van der Waals surface area contributed by atoms with Crippen molar-refractivity contribution in [1.29, 1.82) is 0 Å². The summed E-state index contributed by atoms with van der Waals surface area (Å²) in [5.74, 6) is 3.77. The maximum absolute atomic E-state index is 5.53. The van der Waals surface area contributed by atoms with Gasteiger partial charge in [0.05, 0.1) is 0 Å². The van der Waals surface area contributed by atoms with Crippen molar-refractivity contribution in [2.45, 2.75) is 0 Å². The van der Waals surface area contributed by atoms with Crippen LogP contribution in [0.15, 0.2) is 47.1 Å². The molecule has 2 nitrogen and oxygen atoms in total. The lowest BCUT2D eigenvalue weighted by molar-refractivity contribution is 0.463. The van der Waals surface area contributed by atoms with Gasteiger partial charge >= 0.3 is 0 Å². The third-order valence-corrected chi connectivity index (χ3v) is 2.47. The van der Waals surface area contributed by atoms with Crippen molar-refractivity contribution in [1.82, 2.24) is 4.98 Å². The summed E-state index contributed by atoms with van der Waals surface area (Å²) in [7, 11) is 0. The lowest BCUT2D eigenvalue weighted by Crippen LogP contribution is -1.87. The Balaban J connectivity index is 2.15. The van der Waals surface area contributed by atoms with Crippen LogP contribution >= 0.6 is 15.9 Å². The summed E-state index contributed by atoms with van der Waals surface area (Å²) in [5, 5.41) is 0. The molecule has 0 saturated heterocycles. The van der Waals surface area contributed by atoms with E-state index in [0.717, 1.165) is 15.8 Å². The summed E-state index contributed by atoms with van der Waals surface area (Å²) in [4.78, 5) is 4.09. The Morgan fingerprint density at radius 1 is 1.12 bits per heavy atom. The highest BCUT2D eigenvalue weighted by molar-refractivity contribution is 9.10. The molecule has 0 bridgehead atoms. The van der Waals surface area contributed by atoms with Gasteiger partial charge in [-0.25, -0.2) is 4.98 Å². The molecule has 0 unspecified atom stereocenters. The molecule has 0 aliphatic carbocycles. The van der Waals surface area contributed by atoms with E-state index in [9.17, 15) is 0 Å². The summed E-state index contributed by atoms with van der Waals surface area (Å²) in [6.07, 6.45) is 6.84. The van der Waals surface area contributed by atoms with Crippen molar-refractivity contribution in [3.05, 3.63) is 52.6 Å². The fourth-order valence-corrected chi connectivity index (χ4v) is 1.41. The second-order valence-corrected chi connectivity index (χ2v) is 4.00. The number of nitrogens with zero attached hydrogens (tertiary/aromatic N) is 1. The Labute approximate surface area is 102 Å². The van der Waals surface area contributed by atoms with E-state index in [0.29, 0.717) is 5.88 Å². The number of hydrogen-bond acceptors (Lipinski definition) is 2. The minimum atomic E-state index is 0.529. The zero-order chi connectivity index (χ0) is 11.4. The molecule has 1 aromatic carbocycles. The maximum atomic E-state index is 5.53. The molecule has 16 heavy (non-hydrogen) atoms. The summed E-state index contributed by atoms with van der Waals surface area (Å²) in [5.41, 5.74) is 0.739. The van der Waals surface area contributed by atoms with Gasteiger partial charge in [0.1, 0.15) is 5.75 Å². The van der Waals surface area contributed by atoms with Gasteiger partial charge in [-0.05, 0) is 30.3 Å². The van der Waals surface area contributed by atoms with Gasteiger partial charge in [0, 0.05) is 22.3 Å². The van der Waals surface area contributed by atoms with Gasteiger partial charge in [0.2, 0.25) is 5.88 Å². The molecule has 0 amide bonds. The van der Waals surface area contributed by atoms with Crippen LogP contribution in [0, 0.1) is 12.3 Å². The molecule has 0 fully saturated rings. The maximum Gasteiger partial charge on any atom is 0.219 e. The molecule has 0 aliphatic rings. The minimum absolute atomic E-state index is 0.529.